The molecule has 1 saturated heterocycles. The second kappa shape index (κ2) is 7.81. The summed E-state index contributed by atoms with van der Waals surface area (Å²) in [5.74, 6) is 1.50. The lowest BCUT2D eigenvalue weighted by Gasteiger charge is -2.28. The molecule has 21 heavy (non-hydrogen) atoms. The second-order valence-corrected chi connectivity index (χ2v) is 6.04. The predicted octanol–water partition coefficient (Wildman–Crippen LogP) is 3.94. The van der Waals surface area contributed by atoms with Gasteiger partial charge in [0.15, 0.2) is 0 Å². The molecule has 0 amide bonds. The van der Waals surface area contributed by atoms with E-state index in [1.54, 1.807) is 0 Å². The molecule has 3 heteroatoms. The quantitative estimate of drug-likeness (QED) is 0.825. The second-order valence-electron chi connectivity index (χ2n) is 6.04. The number of benzene rings is 1. The zero-order chi connectivity index (χ0) is 15.2. The normalized spacial score (nSPS) is 23.5. The third-order valence-electron chi connectivity index (χ3n) is 4.10. The lowest BCUT2D eigenvalue weighted by atomic mass is 9.86. The zero-order valence-corrected chi connectivity index (χ0v) is 13.8. The van der Waals surface area contributed by atoms with Crippen LogP contribution in [-0.2, 0) is 4.74 Å². The summed E-state index contributed by atoms with van der Waals surface area (Å²) in [4.78, 5) is 0. The van der Waals surface area contributed by atoms with Gasteiger partial charge in [0.2, 0.25) is 0 Å². The van der Waals surface area contributed by atoms with E-state index in [9.17, 15) is 0 Å². The van der Waals surface area contributed by atoms with Crippen LogP contribution in [0.25, 0.3) is 0 Å². The molecule has 1 aromatic carbocycles. The van der Waals surface area contributed by atoms with Crippen LogP contribution in [0.1, 0.15) is 52.1 Å². The van der Waals surface area contributed by atoms with Gasteiger partial charge in [-0.1, -0.05) is 26.0 Å². The largest absolute Gasteiger partial charge is 0.491 e. The van der Waals surface area contributed by atoms with Crippen molar-refractivity contribution in [1.82, 2.24) is 5.32 Å². The third-order valence-corrected chi connectivity index (χ3v) is 4.10. The van der Waals surface area contributed by atoms with Crippen molar-refractivity contribution in [2.24, 2.45) is 5.92 Å². The molecule has 0 aromatic heterocycles. The van der Waals surface area contributed by atoms with E-state index >= 15 is 0 Å². The minimum Gasteiger partial charge on any atom is -0.491 e. The summed E-state index contributed by atoms with van der Waals surface area (Å²) in [5.41, 5.74) is 1.31. The molecule has 1 heterocycles. The summed E-state index contributed by atoms with van der Waals surface area (Å²) in [6, 6.07) is 8.85. The maximum Gasteiger partial charge on any atom is 0.120 e. The molecule has 3 nitrogen and oxygen atoms in total. The van der Waals surface area contributed by atoms with Crippen molar-refractivity contribution in [2.45, 2.75) is 58.8 Å². The average molecular weight is 291 g/mol. The van der Waals surface area contributed by atoms with Gasteiger partial charge < -0.3 is 14.8 Å². The van der Waals surface area contributed by atoms with Crippen LogP contribution in [-0.4, -0.2) is 25.4 Å². The Kier molecular flexibility index (Phi) is 6.07. The lowest BCUT2D eigenvalue weighted by Crippen LogP contribution is -2.32. The maximum absolute atomic E-state index is 5.89. The van der Waals surface area contributed by atoms with Gasteiger partial charge in [0.05, 0.1) is 12.2 Å². The maximum atomic E-state index is 5.89. The van der Waals surface area contributed by atoms with E-state index in [2.05, 4.69) is 51.2 Å². The van der Waals surface area contributed by atoms with E-state index in [0.717, 1.165) is 31.7 Å². The molecule has 0 aliphatic carbocycles. The van der Waals surface area contributed by atoms with Gasteiger partial charge in [0.25, 0.3) is 0 Å². The highest BCUT2D eigenvalue weighted by Gasteiger charge is 2.34. The fourth-order valence-corrected chi connectivity index (χ4v) is 3.26. The summed E-state index contributed by atoms with van der Waals surface area (Å²) in [6.07, 6.45) is 2.78. The monoisotopic (exact) mass is 291 g/mol. The third kappa shape index (κ3) is 4.21. The Hall–Kier alpha value is -1.06. The van der Waals surface area contributed by atoms with Crippen LogP contribution in [0, 0.1) is 5.92 Å². The molecule has 1 fully saturated rings. The number of hydrogen-bond acceptors (Lipinski definition) is 3. The molecule has 2 rings (SSSR count). The Balaban J connectivity index is 2.21. The van der Waals surface area contributed by atoms with Crippen molar-refractivity contribution in [2.75, 3.05) is 13.2 Å². The van der Waals surface area contributed by atoms with Crippen molar-refractivity contribution < 1.29 is 9.47 Å². The van der Waals surface area contributed by atoms with Gasteiger partial charge in [-0.05, 0) is 50.9 Å². The topological polar surface area (TPSA) is 30.5 Å². The molecule has 0 bridgehead atoms. The standard InChI is InChI=1S/C18H29NO2/c1-5-17-16(10-11-20-17)18(19-6-2)14-8-7-9-15(12-14)21-13(3)4/h7-9,12-13,16-19H,5-6,10-11H2,1-4H3. The van der Waals surface area contributed by atoms with Crippen molar-refractivity contribution in [3.8, 4) is 5.75 Å². The van der Waals surface area contributed by atoms with Crippen LogP contribution in [0.3, 0.4) is 0 Å². The predicted molar refractivity (Wildman–Crippen MR) is 86.8 cm³/mol. The summed E-state index contributed by atoms with van der Waals surface area (Å²) in [7, 11) is 0. The van der Waals surface area contributed by atoms with Gasteiger partial charge in [0.1, 0.15) is 5.75 Å². The Morgan fingerprint density at radius 3 is 2.81 bits per heavy atom. The zero-order valence-electron chi connectivity index (χ0n) is 13.8. The smallest absolute Gasteiger partial charge is 0.120 e. The van der Waals surface area contributed by atoms with Gasteiger partial charge in [-0.25, -0.2) is 0 Å². The van der Waals surface area contributed by atoms with E-state index in [1.165, 1.54) is 5.56 Å². The summed E-state index contributed by atoms with van der Waals surface area (Å²) < 4.78 is 11.7. The van der Waals surface area contributed by atoms with E-state index in [1.807, 2.05) is 6.07 Å². The number of rotatable bonds is 7. The molecule has 118 valence electrons. The first-order valence-corrected chi connectivity index (χ1v) is 8.27. The van der Waals surface area contributed by atoms with E-state index in [0.29, 0.717) is 18.1 Å². The highest BCUT2D eigenvalue weighted by Crippen LogP contribution is 2.35. The van der Waals surface area contributed by atoms with Crippen LogP contribution in [0.4, 0.5) is 0 Å². The Morgan fingerprint density at radius 1 is 1.33 bits per heavy atom. The van der Waals surface area contributed by atoms with E-state index < -0.39 is 0 Å². The van der Waals surface area contributed by atoms with Crippen molar-refractivity contribution in [3.63, 3.8) is 0 Å². The fourth-order valence-electron chi connectivity index (χ4n) is 3.26. The molecule has 0 radical (unpaired) electrons. The van der Waals surface area contributed by atoms with Crippen LogP contribution in [0.5, 0.6) is 5.75 Å². The number of nitrogens with one attached hydrogen (secondary N) is 1. The highest BCUT2D eigenvalue weighted by molar-refractivity contribution is 5.31. The minimum atomic E-state index is 0.205. The van der Waals surface area contributed by atoms with Gasteiger partial charge in [-0.15, -0.1) is 0 Å². The van der Waals surface area contributed by atoms with E-state index in [4.69, 9.17) is 9.47 Å². The Bertz CT molecular complexity index is 433. The first-order valence-electron chi connectivity index (χ1n) is 8.27. The molecule has 3 unspecified atom stereocenters. The molecular weight excluding hydrogens is 262 g/mol. The molecular formula is C18H29NO2. The highest BCUT2D eigenvalue weighted by atomic mass is 16.5. The SMILES string of the molecule is CCNC(c1cccc(OC(C)C)c1)C1CCOC1CC. The van der Waals surface area contributed by atoms with Crippen LogP contribution >= 0.6 is 0 Å². The Morgan fingerprint density at radius 2 is 2.14 bits per heavy atom. The number of hydrogen-bond donors (Lipinski definition) is 1. The van der Waals surface area contributed by atoms with E-state index in [-0.39, 0.29) is 6.10 Å². The van der Waals surface area contributed by atoms with Crippen LogP contribution in [0.15, 0.2) is 24.3 Å². The van der Waals surface area contributed by atoms with Crippen molar-refractivity contribution in [3.05, 3.63) is 29.8 Å². The minimum absolute atomic E-state index is 0.205. The molecule has 1 aliphatic heterocycles. The fraction of sp³-hybridized carbons (Fsp3) is 0.667. The molecule has 3 atom stereocenters. The van der Waals surface area contributed by atoms with Gasteiger partial charge in [-0.3, -0.25) is 0 Å². The first-order chi connectivity index (χ1) is 10.2. The van der Waals surface area contributed by atoms with Gasteiger partial charge >= 0.3 is 0 Å². The molecule has 0 saturated carbocycles. The summed E-state index contributed by atoms with van der Waals surface area (Å²) >= 11 is 0. The summed E-state index contributed by atoms with van der Waals surface area (Å²) in [6.45, 7) is 10.3. The van der Waals surface area contributed by atoms with Crippen LogP contribution < -0.4 is 10.1 Å². The average Bonchev–Trinajstić information content (AvgIpc) is 2.92. The lowest BCUT2D eigenvalue weighted by molar-refractivity contribution is 0.0775. The van der Waals surface area contributed by atoms with Gasteiger partial charge in [-0.2, -0.15) is 0 Å². The molecule has 0 spiro atoms. The molecule has 1 aromatic rings. The molecule has 1 N–H and O–H groups in total. The summed E-state index contributed by atoms with van der Waals surface area (Å²) in [5, 5.41) is 3.65. The first kappa shape index (κ1) is 16.3. The van der Waals surface area contributed by atoms with Crippen molar-refractivity contribution in [1.29, 1.82) is 0 Å². The molecule has 1 aliphatic rings. The van der Waals surface area contributed by atoms with Gasteiger partial charge in [0, 0.05) is 18.6 Å². The van der Waals surface area contributed by atoms with Crippen molar-refractivity contribution >= 4 is 0 Å². The van der Waals surface area contributed by atoms with Crippen LogP contribution in [0.2, 0.25) is 0 Å². The Labute approximate surface area is 129 Å². The number of ether oxygens (including phenoxy) is 2.